The second-order valence-electron chi connectivity index (χ2n) is 6.67. The predicted molar refractivity (Wildman–Crippen MR) is 110 cm³/mol. The molecular weight excluding hydrogens is 414 g/mol. The molecule has 2 aromatic rings. The van der Waals surface area contributed by atoms with E-state index >= 15 is 0 Å². The zero-order chi connectivity index (χ0) is 19.3. The monoisotopic (exact) mass is 433 g/mol. The first-order valence-electron chi connectivity index (χ1n) is 7.95. The highest BCUT2D eigenvalue weighted by Crippen LogP contribution is 2.22. The maximum absolute atomic E-state index is 12.2. The highest BCUT2D eigenvalue weighted by atomic mass is 79.9. The number of thiocarbonyl (C=S) groups is 1. The molecule has 0 aromatic heterocycles. The van der Waals surface area contributed by atoms with Gasteiger partial charge in [0, 0.05) is 10.0 Å². The summed E-state index contributed by atoms with van der Waals surface area (Å²) in [5.41, 5.74) is 7.09. The normalized spacial score (nSPS) is 10.8. The molecule has 0 bridgehead atoms. The van der Waals surface area contributed by atoms with Crippen molar-refractivity contribution in [2.45, 2.75) is 26.2 Å². The van der Waals surface area contributed by atoms with Gasteiger partial charge in [0.1, 0.15) is 0 Å². The van der Waals surface area contributed by atoms with Crippen LogP contribution in [-0.2, 0) is 5.41 Å². The van der Waals surface area contributed by atoms with Gasteiger partial charge in [-0.15, -0.1) is 0 Å². The lowest BCUT2D eigenvalue weighted by molar-refractivity contribution is 0.0934. The first-order valence-corrected chi connectivity index (χ1v) is 9.15. The van der Waals surface area contributed by atoms with Crippen molar-refractivity contribution in [2.75, 3.05) is 0 Å². The van der Waals surface area contributed by atoms with Crippen LogP contribution in [0.3, 0.4) is 0 Å². The van der Waals surface area contributed by atoms with Crippen LogP contribution < -0.4 is 16.2 Å². The Labute approximate surface area is 166 Å². The molecule has 5 nitrogen and oxygen atoms in total. The molecule has 26 heavy (non-hydrogen) atoms. The third-order valence-corrected chi connectivity index (χ3v) is 4.54. The molecular formula is C19H20BrN3O2S. The van der Waals surface area contributed by atoms with Crippen molar-refractivity contribution in [3.63, 3.8) is 0 Å². The van der Waals surface area contributed by atoms with Crippen LogP contribution in [0.5, 0.6) is 0 Å². The summed E-state index contributed by atoms with van der Waals surface area (Å²) < 4.78 is 0.656. The van der Waals surface area contributed by atoms with E-state index in [-0.39, 0.29) is 22.3 Å². The Morgan fingerprint density at radius 3 is 2.12 bits per heavy atom. The lowest BCUT2D eigenvalue weighted by Crippen LogP contribution is -2.48. The fraction of sp³-hybridized carbons (Fsp3) is 0.211. The van der Waals surface area contributed by atoms with E-state index in [9.17, 15) is 9.59 Å². The Morgan fingerprint density at radius 2 is 1.54 bits per heavy atom. The van der Waals surface area contributed by atoms with Crippen LogP contribution in [0.15, 0.2) is 53.0 Å². The lowest BCUT2D eigenvalue weighted by Gasteiger charge is -2.19. The van der Waals surface area contributed by atoms with Gasteiger partial charge in [-0.2, -0.15) is 0 Å². The lowest BCUT2D eigenvalue weighted by atomic mass is 9.87. The van der Waals surface area contributed by atoms with E-state index in [0.717, 1.165) is 5.56 Å². The molecule has 0 aliphatic carbocycles. The minimum Gasteiger partial charge on any atom is -0.298 e. The highest BCUT2D eigenvalue weighted by molar-refractivity contribution is 9.10. The molecule has 0 aliphatic heterocycles. The van der Waals surface area contributed by atoms with Gasteiger partial charge >= 0.3 is 0 Å². The van der Waals surface area contributed by atoms with Gasteiger partial charge in [-0.25, -0.2) is 0 Å². The van der Waals surface area contributed by atoms with Gasteiger partial charge in [-0.1, -0.05) is 45.0 Å². The molecule has 0 radical (unpaired) electrons. The van der Waals surface area contributed by atoms with Crippen molar-refractivity contribution in [2.24, 2.45) is 0 Å². The summed E-state index contributed by atoms with van der Waals surface area (Å²) in [6, 6.07) is 14.3. The van der Waals surface area contributed by atoms with Crippen molar-refractivity contribution < 1.29 is 9.59 Å². The van der Waals surface area contributed by atoms with E-state index in [4.69, 9.17) is 12.2 Å². The first-order chi connectivity index (χ1) is 12.2. The van der Waals surface area contributed by atoms with E-state index in [1.165, 1.54) is 0 Å². The van der Waals surface area contributed by atoms with Crippen LogP contribution in [0.2, 0.25) is 0 Å². The highest BCUT2D eigenvalue weighted by Gasteiger charge is 2.15. The van der Waals surface area contributed by atoms with E-state index in [1.807, 2.05) is 18.2 Å². The molecule has 2 rings (SSSR count). The standard InChI is InChI=1S/C19H20BrN3O2S/c1-19(2,3)13-10-8-12(9-11-13)16(24)22-23-18(26)21-17(25)14-6-4-5-7-15(14)20/h4-11H,1-3H3,(H,22,24)(H2,21,23,25,26). The molecule has 7 heteroatoms. The Balaban J connectivity index is 1.90. The van der Waals surface area contributed by atoms with Gasteiger partial charge in [0.05, 0.1) is 5.56 Å². The van der Waals surface area contributed by atoms with Crippen LogP contribution in [0.25, 0.3) is 0 Å². The molecule has 136 valence electrons. The maximum Gasteiger partial charge on any atom is 0.269 e. The first kappa shape index (κ1) is 20.1. The predicted octanol–water partition coefficient (Wildman–Crippen LogP) is 3.70. The quantitative estimate of drug-likeness (QED) is 0.498. The van der Waals surface area contributed by atoms with Gasteiger partial charge < -0.3 is 0 Å². The number of hydrazine groups is 1. The average molecular weight is 434 g/mol. The van der Waals surface area contributed by atoms with E-state index in [1.54, 1.807) is 30.3 Å². The number of carbonyl (C=O) groups excluding carboxylic acids is 2. The fourth-order valence-corrected chi connectivity index (χ4v) is 2.76. The average Bonchev–Trinajstić information content (AvgIpc) is 2.59. The summed E-state index contributed by atoms with van der Waals surface area (Å²) in [7, 11) is 0. The van der Waals surface area contributed by atoms with Crippen molar-refractivity contribution in [1.82, 2.24) is 16.2 Å². The van der Waals surface area contributed by atoms with Gasteiger partial charge in [0.2, 0.25) is 0 Å². The zero-order valence-electron chi connectivity index (χ0n) is 14.7. The molecule has 0 fully saturated rings. The van der Waals surface area contributed by atoms with Gasteiger partial charge in [-0.3, -0.25) is 25.8 Å². The van der Waals surface area contributed by atoms with Crippen molar-refractivity contribution in [3.05, 3.63) is 69.7 Å². The second kappa shape index (κ2) is 8.42. The molecule has 2 aromatic carbocycles. The van der Waals surface area contributed by atoms with Crippen LogP contribution in [0.1, 0.15) is 47.1 Å². The third-order valence-electron chi connectivity index (χ3n) is 3.65. The number of halogens is 1. The number of rotatable bonds is 2. The summed E-state index contributed by atoms with van der Waals surface area (Å²) in [6.07, 6.45) is 0. The number of amides is 2. The number of nitrogens with one attached hydrogen (secondary N) is 3. The van der Waals surface area contributed by atoms with Gasteiger partial charge in [0.25, 0.3) is 11.8 Å². The third kappa shape index (κ3) is 5.37. The Morgan fingerprint density at radius 1 is 0.923 bits per heavy atom. The number of hydrogen-bond acceptors (Lipinski definition) is 3. The zero-order valence-corrected chi connectivity index (χ0v) is 17.1. The molecule has 0 heterocycles. The summed E-state index contributed by atoms with van der Waals surface area (Å²) in [5.74, 6) is -0.721. The summed E-state index contributed by atoms with van der Waals surface area (Å²) in [4.78, 5) is 24.3. The number of benzene rings is 2. The van der Waals surface area contributed by atoms with Crippen molar-refractivity contribution >= 4 is 45.1 Å². The van der Waals surface area contributed by atoms with E-state index in [2.05, 4.69) is 52.9 Å². The SMILES string of the molecule is CC(C)(C)c1ccc(C(=O)NNC(=S)NC(=O)c2ccccc2Br)cc1. The molecule has 0 atom stereocenters. The number of carbonyl (C=O) groups is 2. The van der Waals surface area contributed by atoms with E-state index < -0.39 is 0 Å². The Bertz CT molecular complexity index is 829. The fourth-order valence-electron chi connectivity index (χ4n) is 2.15. The smallest absolute Gasteiger partial charge is 0.269 e. The summed E-state index contributed by atoms with van der Waals surface area (Å²) >= 11 is 8.34. The van der Waals surface area contributed by atoms with Crippen molar-refractivity contribution in [3.8, 4) is 0 Å². The van der Waals surface area contributed by atoms with Gasteiger partial charge in [0.15, 0.2) is 5.11 Å². The van der Waals surface area contributed by atoms with Gasteiger partial charge in [-0.05, 0) is 63.4 Å². The van der Waals surface area contributed by atoms with E-state index in [0.29, 0.717) is 15.6 Å². The minimum absolute atomic E-state index is 0.00501. The molecule has 0 aliphatic rings. The second-order valence-corrected chi connectivity index (χ2v) is 7.93. The number of hydrogen-bond donors (Lipinski definition) is 3. The summed E-state index contributed by atoms with van der Waals surface area (Å²) in [5, 5.41) is 2.51. The van der Waals surface area contributed by atoms with Crippen molar-refractivity contribution in [1.29, 1.82) is 0 Å². The summed E-state index contributed by atoms with van der Waals surface area (Å²) in [6.45, 7) is 6.32. The van der Waals surface area contributed by atoms with Crippen LogP contribution in [0.4, 0.5) is 0 Å². The molecule has 3 N–H and O–H groups in total. The minimum atomic E-state index is -0.376. The van der Waals surface area contributed by atoms with Crippen LogP contribution in [0, 0.1) is 0 Å². The molecule has 2 amide bonds. The van der Waals surface area contributed by atoms with Crippen LogP contribution >= 0.6 is 28.1 Å². The topological polar surface area (TPSA) is 70.2 Å². The maximum atomic E-state index is 12.2. The Hall–Kier alpha value is -2.25. The Kier molecular flexibility index (Phi) is 6.50. The largest absolute Gasteiger partial charge is 0.298 e. The molecule has 0 spiro atoms. The molecule has 0 unspecified atom stereocenters. The van der Waals surface area contributed by atoms with Crippen LogP contribution in [-0.4, -0.2) is 16.9 Å². The molecule has 0 saturated heterocycles. The molecule has 0 saturated carbocycles.